The maximum absolute atomic E-state index is 13.6. The van der Waals surface area contributed by atoms with E-state index < -0.39 is 17.7 Å². The molecule has 1 aromatic rings. The predicted octanol–water partition coefficient (Wildman–Crippen LogP) is 2.09. The summed E-state index contributed by atoms with van der Waals surface area (Å²) < 4.78 is 18.4. The maximum atomic E-state index is 13.6. The molecule has 1 fully saturated rings. The number of aryl methyl sites for hydroxylation is 1. The van der Waals surface area contributed by atoms with Crippen LogP contribution in [0.1, 0.15) is 24.8 Å². The highest BCUT2D eigenvalue weighted by atomic mass is 19.1. The number of carboxylic acids is 1. The van der Waals surface area contributed by atoms with Crippen molar-refractivity contribution in [2.75, 3.05) is 20.2 Å². The largest absolute Gasteiger partial charge is 0.494 e. The summed E-state index contributed by atoms with van der Waals surface area (Å²) in [6.07, 6.45) is 1.99. The molecule has 0 radical (unpaired) electrons. The maximum Gasteiger partial charge on any atom is 0.308 e. The Bertz CT molecular complexity index is 561. The monoisotopic (exact) mass is 309 g/mol. The number of benzene rings is 1. The molecule has 1 amide bonds. The van der Waals surface area contributed by atoms with Crippen molar-refractivity contribution in [3.8, 4) is 5.75 Å². The standard InChI is InChI=1S/C16H20FNO4/c1-22-14-6-4-11(9-13(14)17)5-7-15(19)18-8-2-3-12(10-18)16(20)21/h4,6,9,12H,2-3,5,7-8,10H2,1H3,(H,20,21). The number of halogens is 1. The number of piperidine rings is 1. The van der Waals surface area contributed by atoms with Crippen molar-refractivity contribution in [2.45, 2.75) is 25.7 Å². The molecule has 1 aliphatic heterocycles. The lowest BCUT2D eigenvalue weighted by Crippen LogP contribution is -2.42. The van der Waals surface area contributed by atoms with Crippen LogP contribution in [-0.2, 0) is 16.0 Å². The highest BCUT2D eigenvalue weighted by Gasteiger charge is 2.27. The predicted molar refractivity (Wildman–Crippen MR) is 78.2 cm³/mol. The summed E-state index contributed by atoms with van der Waals surface area (Å²) in [5.41, 5.74) is 0.721. The molecule has 0 saturated carbocycles. The van der Waals surface area contributed by atoms with Gasteiger partial charge in [0.05, 0.1) is 13.0 Å². The molecule has 1 aromatic carbocycles. The Balaban J connectivity index is 1.89. The van der Waals surface area contributed by atoms with Crippen LogP contribution in [0.4, 0.5) is 4.39 Å². The fourth-order valence-corrected chi connectivity index (χ4v) is 2.68. The zero-order valence-corrected chi connectivity index (χ0v) is 12.5. The van der Waals surface area contributed by atoms with Gasteiger partial charge in [-0.05, 0) is 37.0 Å². The Morgan fingerprint density at radius 2 is 2.23 bits per heavy atom. The van der Waals surface area contributed by atoms with Gasteiger partial charge in [0.15, 0.2) is 11.6 Å². The number of carbonyl (C=O) groups excluding carboxylic acids is 1. The van der Waals surface area contributed by atoms with Gasteiger partial charge < -0.3 is 14.7 Å². The fourth-order valence-electron chi connectivity index (χ4n) is 2.68. The van der Waals surface area contributed by atoms with Crippen LogP contribution < -0.4 is 4.74 Å². The number of rotatable bonds is 5. The quantitative estimate of drug-likeness (QED) is 0.904. The summed E-state index contributed by atoms with van der Waals surface area (Å²) >= 11 is 0. The normalized spacial score (nSPS) is 18.1. The molecule has 0 aliphatic carbocycles. The Morgan fingerprint density at radius 1 is 1.45 bits per heavy atom. The Labute approximate surface area is 128 Å². The van der Waals surface area contributed by atoms with Crippen molar-refractivity contribution in [3.05, 3.63) is 29.6 Å². The number of methoxy groups -OCH3 is 1. The first-order valence-electron chi connectivity index (χ1n) is 7.34. The molecule has 6 heteroatoms. The molecule has 5 nitrogen and oxygen atoms in total. The van der Waals surface area contributed by atoms with Crippen molar-refractivity contribution in [1.29, 1.82) is 0 Å². The summed E-state index contributed by atoms with van der Waals surface area (Å²) in [6.45, 7) is 0.866. The molecular formula is C16H20FNO4. The topological polar surface area (TPSA) is 66.8 Å². The van der Waals surface area contributed by atoms with Crippen molar-refractivity contribution in [2.24, 2.45) is 5.92 Å². The van der Waals surface area contributed by atoms with Crippen LogP contribution in [0.15, 0.2) is 18.2 Å². The summed E-state index contributed by atoms with van der Waals surface area (Å²) in [4.78, 5) is 24.8. The van der Waals surface area contributed by atoms with Gasteiger partial charge in [0.25, 0.3) is 0 Å². The Morgan fingerprint density at radius 3 is 2.86 bits per heavy atom. The van der Waals surface area contributed by atoms with Crippen LogP contribution in [0.25, 0.3) is 0 Å². The minimum absolute atomic E-state index is 0.0813. The van der Waals surface area contributed by atoms with Gasteiger partial charge in [0, 0.05) is 19.5 Å². The number of amides is 1. The van der Waals surface area contributed by atoms with E-state index in [0.29, 0.717) is 25.8 Å². The van der Waals surface area contributed by atoms with Gasteiger partial charge in [-0.1, -0.05) is 6.07 Å². The second-order valence-electron chi connectivity index (χ2n) is 5.49. The SMILES string of the molecule is COc1ccc(CCC(=O)N2CCCC(C(=O)O)C2)cc1F. The number of hydrogen-bond acceptors (Lipinski definition) is 3. The molecule has 2 rings (SSSR count). The first-order chi connectivity index (χ1) is 10.5. The first kappa shape index (κ1) is 16.3. The molecule has 1 saturated heterocycles. The van der Waals surface area contributed by atoms with E-state index >= 15 is 0 Å². The Kier molecular flexibility index (Phi) is 5.35. The fraction of sp³-hybridized carbons (Fsp3) is 0.500. The number of ether oxygens (including phenoxy) is 1. The number of carbonyl (C=O) groups is 2. The van der Waals surface area contributed by atoms with E-state index in [0.717, 1.165) is 5.56 Å². The van der Waals surface area contributed by atoms with Crippen LogP contribution >= 0.6 is 0 Å². The van der Waals surface area contributed by atoms with Crippen LogP contribution in [0, 0.1) is 11.7 Å². The van der Waals surface area contributed by atoms with Gasteiger partial charge in [0.1, 0.15) is 0 Å². The third-order valence-corrected chi connectivity index (χ3v) is 3.97. The van der Waals surface area contributed by atoms with Crippen LogP contribution in [0.3, 0.4) is 0 Å². The van der Waals surface area contributed by atoms with Gasteiger partial charge >= 0.3 is 5.97 Å². The van der Waals surface area contributed by atoms with Gasteiger partial charge in [-0.15, -0.1) is 0 Å². The van der Waals surface area contributed by atoms with Crippen LogP contribution in [-0.4, -0.2) is 42.1 Å². The third-order valence-electron chi connectivity index (χ3n) is 3.97. The summed E-state index contributed by atoms with van der Waals surface area (Å²) in [5.74, 6) is -1.68. The smallest absolute Gasteiger partial charge is 0.308 e. The van der Waals surface area contributed by atoms with E-state index in [-0.39, 0.29) is 24.6 Å². The lowest BCUT2D eigenvalue weighted by molar-refractivity contribution is -0.145. The molecule has 120 valence electrons. The van der Waals surface area contributed by atoms with Gasteiger partial charge in [-0.3, -0.25) is 9.59 Å². The van der Waals surface area contributed by atoms with Gasteiger partial charge in [0.2, 0.25) is 5.91 Å². The first-order valence-corrected chi connectivity index (χ1v) is 7.34. The molecule has 0 aromatic heterocycles. The second kappa shape index (κ2) is 7.24. The molecule has 0 spiro atoms. The van der Waals surface area contributed by atoms with Crippen molar-refractivity contribution < 1.29 is 23.8 Å². The number of carboxylic acid groups (broad SMARTS) is 1. The molecular weight excluding hydrogens is 289 g/mol. The van der Waals surface area contributed by atoms with E-state index in [2.05, 4.69) is 0 Å². The number of hydrogen-bond donors (Lipinski definition) is 1. The molecule has 22 heavy (non-hydrogen) atoms. The van der Waals surface area contributed by atoms with Crippen molar-refractivity contribution >= 4 is 11.9 Å². The summed E-state index contributed by atoms with van der Waals surface area (Å²) in [6, 6.07) is 4.63. The molecule has 1 heterocycles. The molecule has 1 unspecified atom stereocenters. The highest BCUT2D eigenvalue weighted by Crippen LogP contribution is 2.20. The zero-order chi connectivity index (χ0) is 16.1. The van der Waals surface area contributed by atoms with E-state index in [1.807, 2.05) is 0 Å². The van der Waals surface area contributed by atoms with Crippen LogP contribution in [0.5, 0.6) is 5.75 Å². The van der Waals surface area contributed by atoms with Crippen molar-refractivity contribution in [1.82, 2.24) is 4.90 Å². The Hall–Kier alpha value is -2.11. The number of nitrogens with zero attached hydrogens (tertiary/aromatic N) is 1. The highest BCUT2D eigenvalue weighted by molar-refractivity contribution is 5.78. The van der Waals surface area contributed by atoms with E-state index in [9.17, 15) is 14.0 Å². The molecule has 1 atom stereocenters. The van der Waals surface area contributed by atoms with Gasteiger partial charge in [-0.2, -0.15) is 0 Å². The zero-order valence-electron chi connectivity index (χ0n) is 12.5. The average molecular weight is 309 g/mol. The number of likely N-dealkylation sites (tertiary alicyclic amines) is 1. The minimum Gasteiger partial charge on any atom is -0.494 e. The van der Waals surface area contributed by atoms with Crippen molar-refractivity contribution in [3.63, 3.8) is 0 Å². The number of aliphatic carboxylic acids is 1. The second-order valence-corrected chi connectivity index (χ2v) is 5.49. The van der Waals surface area contributed by atoms with E-state index in [1.165, 1.54) is 19.2 Å². The minimum atomic E-state index is -0.852. The molecule has 1 aliphatic rings. The third kappa shape index (κ3) is 3.96. The van der Waals surface area contributed by atoms with E-state index in [1.54, 1.807) is 11.0 Å². The average Bonchev–Trinajstić information content (AvgIpc) is 2.52. The molecule has 1 N–H and O–H groups in total. The summed E-state index contributed by atoms with van der Waals surface area (Å²) in [7, 11) is 1.40. The van der Waals surface area contributed by atoms with Gasteiger partial charge in [-0.25, -0.2) is 4.39 Å². The summed E-state index contributed by atoms with van der Waals surface area (Å²) in [5, 5.41) is 9.03. The lowest BCUT2D eigenvalue weighted by atomic mass is 9.97. The lowest BCUT2D eigenvalue weighted by Gasteiger charge is -2.30. The molecule has 0 bridgehead atoms. The van der Waals surface area contributed by atoms with Crippen LogP contribution in [0.2, 0.25) is 0 Å². The van der Waals surface area contributed by atoms with E-state index in [4.69, 9.17) is 9.84 Å².